The summed E-state index contributed by atoms with van der Waals surface area (Å²) < 4.78 is 24.8. The Balaban J connectivity index is 1.77. The molecule has 0 saturated carbocycles. The topological polar surface area (TPSA) is 64.8 Å². The predicted molar refractivity (Wildman–Crippen MR) is 68.9 cm³/mol. The van der Waals surface area contributed by atoms with Gasteiger partial charge in [0, 0.05) is 12.7 Å². The van der Waals surface area contributed by atoms with Gasteiger partial charge in [0.2, 0.25) is 0 Å². The van der Waals surface area contributed by atoms with Crippen molar-refractivity contribution in [3.63, 3.8) is 0 Å². The van der Waals surface area contributed by atoms with Gasteiger partial charge in [-0.2, -0.15) is 0 Å². The maximum atomic E-state index is 11.4. The summed E-state index contributed by atoms with van der Waals surface area (Å²) in [4.78, 5) is 8.61. The van der Waals surface area contributed by atoms with Gasteiger partial charge in [-0.05, 0) is 30.9 Å². The predicted octanol–water partition coefficient (Wildman–Crippen LogP) is 1.26. The number of sulfone groups is 1. The summed E-state index contributed by atoms with van der Waals surface area (Å²) in [5.74, 6) is 1.04. The number of hydrogen-bond donors (Lipinski definition) is 0. The number of pyridine rings is 1. The fourth-order valence-electron chi connectivity index (χ4n) is 2.43. The van der Waals surface area contributed by atoms with Gasteiger partial charge in [-0.25, -0.2) is 18.4 Å². The minimum atomic E-state index is -2.78. The highest BCUT2D eigenvalue weighted by Crippen LogP contribution is 2.22. The molecule has 0 aromatic carbocycles. The van der Waals surface area contributed by atoms with Crippen LogP contribution in [0.25, 0.3) is 11.2 Å². The van der Waals surface area contributed by atoms with Gasteiger partial charge in [-0.1, -0.05) is 0 Å². The van der Waals surface area contributed by atoms with Gasteiger partial charge in [0.05, 0.1) is 17.8 Å². The zero-order valence-corrected chi connectivity index (χ0v) is 10.8. The van der Waals surface area contributed by atoms with E-state index in [1.54, 1.807) is 12.5 Å². The van der Waals surface area contributed by atoms with Crippen molar-refractivity contribution in [2.75, 3.05) is 11.5 Å². The molecule has 0 N–H and O–H groups in total. The van der Waals surface area contributed by atoms with Gasteiger partial charge in [-0.3, -0.25) is 0 Å². The van der Waals surface area contributed by atoms with Gasteiger partial charge in [0.25, 0.3) is 0 Å². The van der Waals surface area contributed by atoms with E-state index >= 15 is 0 Å². The second-order valence-electron chi connectivity index (χ2n) is 4.84. The van der Waals surface area contributed by atoms with Crippen molar-refractivity contribution in [1.29, 1.82) is 0 Å². The van der Waals surface area contributed by atoms with E-state index in [2.05, 4.69) is 9.97 Å². The Morgan fingerprint density at radius 1 is 1.28 bits per heavy atom. The zero-order valence-electron chi connectivity index (χ0n) is 9.99. The van der Waals surface area contributed by atoms with Crippen LogP contribution in [0.1, 0.15) is 12.8 Å². The average molecular weight is 265 g/mol. The lowest BCUT2D eigenvalue weighted by Gasteiger charge is -2.22. The lowest BCUT2D eigenvalue weighted by molar-refractivity contribution is 0.408. The molecule has 18 heavy (non-hydrogen) atoms. The third kappa shape index (κ3) is 2.25. The van der Waals surface area contributed by atoms with Gasteiger partial charge in [0.1, 0.15) is 15.4 Å². The molecule has 0 bridgehead atoms. The summed E-state index contributed by atoms with van der Waals surface area (Å²) in [5, 5.41) is 0. The summed E-state index contributed by atoms with van der Waals surface area (Å²) in [6.07, 6.45) is 5.04. The van der Waals surface area contributed by atoms with Crippen molar-refractivity contribution >= 4 is 21.0 Å². The Hall–Kier alpha value is -1.43. The normalized spacial score (nSPS) is 20.2. The van der Waals surface area contributed by atoms with Gasteiger partial charge in [-0.15, -0.1) is 0 Å². The van der Waals surface area contributed by atoms with Crippen molar-refractivity contribution in [3.8, 4) is 0 Å². The molecule has 1 aliphatic rings. The summed E-state index contributed by atoms with van der Waals surface area (Å²) in [6.45, 7) is 0.809. The molecule has 1 saturated heterocycles. The molecule has 3 heterocycles. The van der Waals surface area contributed by atoms with E-state index in [9.17, 15) is 8.42 Å². The van der Waals surface area contributed by atoms with Gasteiger partial charge < -0.3 is 4.57 Å². The van der Waals surface area contributed by atoms with Gasteiger partial charge >= 0.3 is 0 Å². The fraction of sp³-hybridized carbons (Fsp3) is 0.500. The Morgan fingerprint density at radius 3 is 2.83 bits per heavy atom. The molecule has 0 atom stereocenters. The number of imidazole rings is 1. The van der Waals surface area contributed by atoms with Crippen molar-refractivity contribution in [3.05, 3.63) is 24.7 Å². The SMILES string of the molecule is O=S1(=O)CCC(Cn2cnc3cccnc32)CC1. The van der Waals surface area contributed by atoms with E-state index in [4.69, 9.17) is 0 Å². The lowest BCUT2D eigenvalue weighted by atomic mass is 10.0. The molecule has 6 heteroatoms. The summed E-state index contributed by atoms with van der Waals surface area (Å²) in [7, 11) is -2.78. The highest BCUT2D eigenvalue weighted by Gasteiger charge is 2.24. The molecule has 5 nitrogen and oxygen atoms in total. The first-order chi connectivity index (χ1) is 8.64. The highest BCUT2D eigenvalue weighted by atomic mass is 32.2. The second-order valence-corrected chi connectivity index (χ2v) is 7.14. The van der Waals surface area contributed by atoms with Crippen molar-refractivity contribution in [2.24, 2.45) is 5.92 Å². The van der Waals surface area contributed by atoms with Crippen LogP contribution >= 0.6 is 0 Å². The molecular formula is C12H15N3O2S. The molecule has 2 aromatic rings. The minimum Gasteiger partial charge on any atom is -0.315 e. The Morgan fingerprint density at radius 2 is 2.06 bits per heavy atom. The Bertz CT molecular complexity index is 649. The highest BCUT2D eigenvalue weighted by molar-refractivity contribution is 7.91. The van der Waals surface area contributed by atoms with E-state index in [0.717, 1.165) is 30.6 Å². The molecule has 0 unspecified atom stereocenters. The van der Waals surface area contributed by atoms with Crippen LogP contribution in [0.3, 0.4) is 0 Å². The Labute approximate surface area is 106 Å². The van der Waals surface area contributed by atoms with E-state index in [-0.39, 0.29) is 0 Å². The first-order valence-electron chi connectivity index (χ1n) is 6.10. The first kappa shape index (κ1) is 11.6. The second kappa shape index (κ2) is 4.35. The third-order valence-electron chi connectivity index (χ3n) is 3.50. The largest absolute Gasteiger partial charge is 0.315 e. The van der Waals surface area contributed by atoms with Crippen LogP contribution in [0, 0.1) is 5.92 Å². The number of rotatable bonds is 2. The van der Waals surface area contributed by atoms with Crippen molar-refractivity contribution in [1.82, 2.24) is 14.5 Å². The quantitative estimate of drug-likeness (QED) is 0.820. The van der Waals surface area contributed by atoms with E-state index in [0.29, 0.717) is 17.4 Å². The number of aromatic nitrogens is 3. The minimum absolute atomic E-state index is 0.317. The van der Waals surface area contributed by atoms with Crippen LogP contribution in [-0.4, -0.2) is 34.5 Å². The molecule has 96 valence electrons. The number of hydrogen-bond acceptors (Lipinski definition) is 4. The molecule has 0 amide bonds. The smallest absolute Gasteiger partial charge is 0.159 e. The molecule has 3 rings (SSSR count). The summed E-state index contributed by atoms with van der Waals surface area (Å²) in [6, 6.07) is 3.80. The third-order valence-corrected chi connectivity index (χ3v) is 5.22. The molecule has 2 aromatic heterocycles. The zero-order chi connectivity index (χ0) is 12.6. The van der Waals surface area contributed by atoms with Crippen LogP contribution in [0.15, 0.2) is 24.7 Å². The maximum absolute atomic E-state index is 11.4. The monoisotopic (exact) mass is 265 g/mol. The van der Waals surface area contributed by atoms with E-state index < -0.39 is 9.84 Å². The standard InChI is InChI=1S/C12H15N3O2S/c16-18(17)6-3-10(4-7-18)8-15-9-14-11-2-1-5-13-12(11)15/h1-2,5,9-10H,3-4,6-8H2. The van der Waals surface area contributed by atoms with Crippen LogP contribution in [0.2, 0.25) is 0 Å². The Kier molecular flexibility index (Phi) is 2.81. The summed E-state index contributed by atoms with van der Waals surface area (Å²) in [5.41, 5.74) is 1.77. The number of fused-ring (bicyclic) bond motifs is 1. The molecular weight excluding hydrogens is 250 g/mol. The average Bonchev–Trinajstić information content (AvgIpc) is 2.76. The molecule has 1 aliphatic heterocycles. The number of nitrogens with zero attached hydrogens (tertiary/aromatic N) is 3. The van der Waals surface area contributed by atoms with Crippen LogP contribution < -0.4 is 0 Å². The molecule has 0 spiro atoms. The van der Waals surface area contributed by atoms with Crippen LogP contribution in [-0.2, 0) is 16.4 Å². The molecule has 0 aliphatic carbocycles. The van der Waals surface area contributed by atoms with Gasteiger partial charge in [0.15, 0.2) is 5.65 Å². The van der Waals surface area contributed by atoms with Crippen LogP contribution in [0.5, 0.6) is 0 Å². The van der Waals surface area contributed by atoms with Crippen LogP contribution in [0.4, 0.5) is 0 Å². The molecule has 1 fully saturated rings. The lowest BCUT2D eigenvalue weighted by Crippen LogP contribution is -2.25. The van der Waals surface area contributed by atoms with Crippen molar-refractivity contribution in [2.45, 2.75) is 19.4 Å². The van der Waals surface area contributed by atoms with E-state index in [1.165, 1.54) is 0 Å². The first-order valence-corrected chi connectivity index (χ1v) is 7.92. The molecule has 0 radical (unpaired) electrons. The maximum Gasteiger partial charge on any atom is 0.159 e. The van der Waals surface area contributed by atoms with E-state index in [1.807, 2.05) is 16.7 Å². The van der Waals surface area contributed by atoms with Crippen molar-refractivity contribution < 1.29 is 8.42 Å². The fourth-order valence-corrected chi connectivity index (χ4v) is 4.02. The summed E-state index contributed by atoms with van der Waals surface area (Å²) >= 11 is 0.